The second kappa shape index (κ2) is 5.83. The Morgan fingerprint density at radius 3 is 2.71 bits per heavy atom. The first-order valence-corrected chi connectivity index (χ1v) is 7.68. The van der Waals surface area contributed by atoms with E-state index in [0.29, 0.717) is 21.9 Å². The molecule has 0 unspecified atom stereocenters. The van der Waals surface area contributed by atoms with E-state index in [-0.39, 0.29) is 12.5 Å². The highest BCUT2D eigenvalue weighted by Gasteiger charge is 2.49. The quantitative estimate of drug-likeness (QED) is 0.858. The first-order valence-electron chi connectivity index (χ1n) is 7.31. The standard InChI is InChI=1S/C16H17ClN4O3/c1-16(11-7-18-20(2)9-11)14(22)21(15(23)19-16)8-10-4-5-12(24-3)6-13(10)17/h4-7,9H,8H2,1-3H3,(H,19,23)/t16-/m0/s1. The third-order valence-corrected chi connectivity index (χ3v) is 4.50. The number of amides is 3. The van der Waals surface area contributed by atoms with Crippen LogP contribution in [0.1, 0.15) is 18.1 Å². The molecule has 2 aromatic rings. The summed E-state index contributed by atoms with van der Waals surface area (Å²) in [5, 5.41) is 7.24. The lowest BCUT2D eigenvalue weighted by molar-refractivity contribution is -0.131. The fourth-order valence-electron chi connectivity index (χ4n) is 2.67. The predicted molar refractivity (Wildman–Crippen MR) is 87.6 cm³/mol. The van der Waals surface area contributed by atoms with Crippen LogP contribution in [0.15, 0.2) is 30.6 Å². The van der Waals surface area contributed by atoms with Gasteiger partial charge in [0, 0.05) is 23.8 Å². The largest absolute Gasteiger partial charge is 0.497 e. The van der Waals surface area contributed by atoms with Crippen molar-refractivity contribution in [2.45, 2.75) is 19.0 Å². The molecule has 1 aliphatic heterocycles. The highest BCUT2D eigenvalue weighted by Crippen LogP contribution is 2.31. The smallest absolute Gasteiger partial charge is 0.325 e. The molecule has 1 aliphatic rings. The van der Waals surface area contributed by atoms with E-state index in [1.807, 2.05) is 0 Å². The number of rotatable bonds is 4. The number of benzene rings is 1. The van der Waals surface area contributed by atoms with E-state index in [0.717, 1.165) is 4.90 Å². The van der Waals surface area contributed by atoms with Crippen molar-refractivity contribution in [3.8, 4) is 5.75 Å². The first-order chi connectivity index (χ1) is 11.3. The number of hydrogen-bond donors (Lipinski definition) is 1. The van der Waals surface area contributed by atoms with Crippen molar-refractivity contribution < 1.29 is 14.3 Å². The van der Waals surface area contributed by atoms with Crippen molar-refractivity contribution in [3.63, 3.8) is 0 Å². The number of nitrogens with one attached hydrogen (secondary N) is 1. The van der Waals surface area contributed by atoms with Crippen LogP contribution in [0.2, 0.25) is 5.02 Å². The van der Waals surface area contributed by atoms with Gasteiger partial charge in [-0.05, 0) is 24.6 Å². The predicted octanol–water partition coefficient (Wildman–Crippen LogP) is 2.05. The van der Waals surface area contributed by atoms with Gasteiger partial charge < -0.3 is 10.1 Å². The molecular formula is C16H17ClN4O3. The van der Waals surface area contributed by atoms with Gasteiger partial charge in [-0.25, -0.2) is 4.79 Å². The third kappa shape index (κ3) is 2.60. The number of methoxy groups -OCH3 is 1. The number of hydrogen-bond acceptors (Lipinski definition) is 4. The Labute approximate surface area is 144 Å². The van der Waals surface area contributed by atoms with E-state index >= 15 is 0 Å². The molecule has 1 aromatic carbocycles. The molecular weight excluding hydrogens is 332 g/mol. The van der Waals surface area contributed by atoms with Gasteiger partial charge in [-0.2, -0.15) is 5.10 Å². The van der Waals surface area contributed by atoms with Gasteiger partial charge >= 0.3 is 6.03 Å². The topological polar surface area (TPSA) is 76.5 Å². The first kappa shape index (κ1) is 16.3. The number of imide groups is 1. The molecule has 1 fully saturated rings. The zero-order chi connectivity index (χ0) is 17.5. The van der Waals surface area contributed by atoms with E-state index in [1.54, 1.807) is 56.4 Å². The van der Waals surface area contributed by atoms with Gasteiger partial charge in [0.15, 0.2) is 0 Å². The number of carbonyl (C=O) groups is 2. The molecule has 126 valence electrons. The number of nitrogens with zero attached hydrogens (tertiary/aromatic N) is 3. The summed E-state index contributed by atoms with van der Waals surface area (Å²) < 4.78 is 6.69. The minimum absolute atomic E-state index is 0.0867. The monoisotopic (exact) mass is 348 g/mol. The third-order valence-electron chi connectivity index (χ3n) is 4.15. The van der Waals surface area contributed by atoms with E-state index in [2.05, 4.69) is 10.4 Å². The van der Waals surface area contributed by atoms with Gasteiger partial charge in [-0.1, -0.05) is 17.7 Å². The molecule has 2 heterocycles. The van der Waals surface area contributed by atoms with Gasteiger partial charge in [-0.3, -0.25) is 14.4 Å². The minimum atomic E-state index is -1.13. The summed E-state index contributed by atoms with van der Waals surface area (Å²) in [6, 6.07) is 4.66. The lowest BCUT2D eigenvalue weighted by atomic mass is 9.95. The zero-order valence-electron chi connectivity index (χ0n) is 13.5. The Hall–Kier alpha value is -2.54. The molecule has 0 bridgehead atoms. The highest BCUT2D eigenvalue weighted by molar-refractivity contribution is 6.31. The van der Waals surface area contributed by atoms with E-state index in [9.17, 15) is 9.59 Å². The molecule has 24 heavy (non-hydrogen) atoms. The van der Waals surface area contributed by atoms with Gasteiger partial charge in [0.05, 0.1) is 19.9 Å². The molecule has 1 atom stereocenters. The second-order valence-electron chi connectivity index (χ2n) is 5.81. The number of urea groups is 1. The average Bonchev–Trinajstić information content (AvgIpc) is 3.07. The molecule has 1 aromatic heterocycles. The minimum Gasteiger partial charge on any atom is -0.497 e. The van der Waals surface area contributed by atoms with Gasteiger partial charge in [0.2, 0.25) is 0 Å². The van der Waals surface area contributed by atoms with E-state index < -0.39 is 11.6 Å². The fraction of sp³-hybridized carbons (Fsp3) is 0.312. The van der Waals surface area contributed by atoms with Crippen LogP contribution in [0.25, 0.3) is 0 Å². The normalized spacial score (nSPS) is 20.4. The number of aromatic nitrogens is 2. The van der Waals surface area contributed by atoms with Gasteiger partial charge in [0.25, 0.3) is 5.91 Å². The number of halogens is 1. The molecule has 7 nitrogen and oxygen atoms in total. The Morgan fingerprint density at radius 1 is 1.38 bits per heavy atom. The van der Waals surface area contributed by atoms with Crippen molar-refractivity contribution in [3.05, 3.63) is 46.7 Å². The van der Waals surface area contributed by atoms with E-state index in [4.69, 9.17) is 16.3 Å². The maximum atomic E-state index is 12.8. The molecule has 3 amide bonds. The molecule has 0 saturated carbocycles. The van der Waals surface area contributed by atoms with Gasteiger partial charge in [-0.15, -0.1) is 0 Å². The number of aryl methyl sites for hydroxylation is 1. The van der Waals surface area contributed by atoms with Crippen LogP contribution >= 0.6 is 11.6 Å². The summed E-state index contributed by atoms with van der Waals surface area (Å²) in [4.78, 5) is 26.3. The summed E-state index contributed by atoms with van der Waals surface area (Å²) in [7, 11) is 3.30. The maximum absolute atomic E-state index is 12.8. The van der Waals surface area contributed by atoms with Crippen LogP contribution in [-0.4, -0.2) is 33.7 Å². The van der Waals surface area contributed by atoms with Crippen molar-refractivity contribution in [2.24, 2.45) is 7.05 Å². The highest BCUT2D eigenvalue weighted by atomic mass is 35.5. The van der Waals surface area contributed by atoms with Crippen LogP contribution in [0, 0.1) is 0 Å². The van der Waals surface area contributed by atoms with E-state index in [1.165, 1.54) is 0 Å². The average molecular weight is 349 g/mol. The van der Waals surface area contributed by atoms with Crippen LogP contribution in [-0.2, 0) is 23.9 Å². The van der Waals surface area contributed by atoms with Crippen molar-refractivity contribution in [1.82, 2.24) is 20.0 Å². The molecule has 0 aliphatic carbocycles. The Kier molecular flexibility index (Phi) is 3.96. The second-order valence-corrected chi connectivity index (χ2v) is 6.21. The molecule has 1 saturated heterocycles. The summed E-state index contributed by atoms with van der Waals surface area (Å²) in [5.41, 5.74) is 0.160. The molecule has 0 radical (unpaired) electrons. The SMILES string of the molecule is COc1ccc(CN2C(=O)N[C@@](C)(c3cnn(C)c3)C2=O)c(Cl)c1. The maximum Gasteiger partial charge on any atom is 0.325 e. The fourth-order valence-corrected chi connectivity index (χ4v) is 2.90. The van der Waals surface area contributed by atoms with Crippen LogP contribution in [0.3, 0.4) is 0 Å². The number of carbonyl (C=O) groups excluding carboxylic acids is 2. The Morgan fingerprint density at radius 2 is 2.12 bits per heavy atom. The van der Waals surface area contributed by atoms with Gasteiger partial charge in [0.1, 0.15) is 11.3 Å². The van der Waals surface area contributed by atoms with Crippen molar-refractivity contribution in [1.29, 1.82) is 0 Å². The summed E-state index contributed by atoms with van der Waals surface area (Å²) in [6.45, 7) is 1.75. The lowest BCUT2D eigenvalue weighted by Crippen LogP contribution is -2.40. The Bertz CT molecular complexity index is 819. The molecule has 3 rings (SSSR count). The lowest BCUT2D eigenvalue weighted by Gasteiger charge is -2.20. The number of ether oxygens (including phenoxy) is 1. The van der Waals surface area contributed by atoms with Crippen LogP contribution in [0.4, 0.5) is 4.79 Å². The molecule has 0 spiro atoms. The summed E-state index contributed by atoms with van der Waals surface area (Å²) in [6.07, 6.45) is 3.28. The van der Waals surface area contributed by atoms with Crippen LogP contribution in [0.5, 0.6) is 5.75 Å². The van der Waals surface area contributed by atoms with Crippen molar-refractivity contribution >= 4 is 23.5 Å². The Balaban J connectivity index is 1.87. The molecule has 1 N–H and O–H groups in total. The summed E-state index contributed by atoms with van der Waals surface area (Å²) in [5.74, 6) is 0.272. The van der Waals surface area contributed by atoms with Crippen molar-refractivity contribution in [2.75, 3.05) is 7.11 Å². The zero-order valence-corrected chi connectivity index (χ0v) is 14.3. The summed E-state index contributed by atoms with van der Waals surface area (Å²) >= 11 is 6.21. The molecule has 8 heteroatoms. The van der Waals surface area contributed by atoms with Crippen LogP contribution < -0.4 is 10.1 Å².